The first-order chi connectivity index (χ1) is 10.6. The standard InChI is InChI=1S/C16H20N4O2/c1-10-6-15(22-18-10)14-4-3-5-20(14)16(21)13-7-12(13)11-8-17-19(2)9-11/h6,8-9,12-14H,3-5,7H2,1-2H3. The average Bonchev–Trinajstić information content (AvgIpc) is 2.85. The third-order valence-electron chi connectivity index (χ3n) is 4.77. The van der Waals surface area contributed by atoms with E-state index in [1.165, 1.54) is 5.56 Å². The molecule has 2 aliphatic rings. The summed E-state index contributed by atoms with van der Waals surface area (Å²) in [6.07, 6.45) is 6.81. The van der Waals surface area contributed by atoms with Crippen molar-refractivity contribution in [2.24, 2.45) is 13.0 Å². The van der Waals surface area contributed by atoms with Gasteiger partial charge in [0.05, 0.1) is 17.9 Å². The maximum absolute atomic E-state index is 12.8. The Balaban J connectivity index is 1.48. The Morgan fingerprint density at radius 3 is 3.00 bits per heavy atom. The Morgan fingerprint density at radius 1 is 1.45 bits per heavy atom. The van der Waals surface area contributed by atoms with E-state index in [9.17, 15) is 4.79 Å². The zero-order chi connectivity index (χ0) is 15.3. The van der Waals surface area contributed by atoms with Crippen LogP contribution in [0.25, 0.3) is 0 Å². The smallest absolute Gasteiger partial charge is 0.226 e. The lowest BCUT2D eigenvalue weighted by Crippen LogP contribution is -2.32. The van der Waals surface area contributed by atoms with E-state index < -0.39 is 0 Å². The molecule has 22 heavy (non-hydrogen) atoms. The fraction of sp³-hybridized carbons (Fsp3) is 0.562. The van der Waals surface area contributed by atoms with Crippen LogP contribution in [0.5, 0.6) is 0 Å². The van der Waals surface area contributed by atoms with Crippen LogP contribution in [0.2, 0.25) is 0 Å². The van der Waals surface area contributed by atoms with E-state index in [1.54, 1.807) is 4.68 Å². The van der Waals surface area contributed by atoms with Crippen LogP contribution in [-0.2, 0) is 11.8 Å². The van der Waals surface area contributed by atoms with Gasteiger partial charge < -0.3 is 9.42 Å². The fourth-order valence-electron chi connectivity index (χ4n) is 3.55. The Labute approximate surface area is 129 Å². The molecule has 1 amide bonds. The normalized spacial score (nSPS) is 27.4. The van der Waals surface area contributed by atoms with Crippen molar-refractivity contribution in [2.75, 3.05) is 6.54 Å². The predicted octanol–water partition coefficient (Wildman–Crippen LogP) is 2.18. The van der Waals surface area contributed by atoms with E-state index in [1.807, 2.05) is 37.3 Å². The molecule has 6 nitrogen and oxygen atoms in total. The lowest BCUT2D eigenvalue weighted by atomic mass is 10.1. The highest BCUT2D eigenvalue weighted by Crippen LogP contribution is 2.50. The highest BCUT2D eigenvalue weighted by atomic mass is 16.5. The molecule has 116 valence electrons. The summed E-state index contributed by atoms with van der Waals surface area (Å²) < 4.78 is 7.18. The molecule has 3 heterocycles. The molecule has 3 unspecified atom stereocenters. The number of likely N-dealkylation sites (tertiary alicyclic amines) is 1. The van der Waals surface area contributed by atoms with Crippen molar-refractivity contribution in [2.45, 2.75) is 38.1 Å². The summed E-state index contributed by atoms with van der Waals surface area (Å²) in [4.78, 5) is 14.8. The predicted molar refractivity (Wildman–Crippen MR) is 79.0 cm³/mol. The van der Waals surface area contributed by atoms with E-state index in [-0.39, 0.29) is 17.9 Å². The molecule has 1 aliphatic carbocycles. The summed E-state index contributed by atoms with van der Waals surface area (Å²) in [5.41, 5.74) is 2.04. The van der Waals surface area contributed by atoms with Crippen LogP contribution in [-0.4, -0.2) is 32.3 Å². The zero-order valence-corrected chi connectivity index (χ0v) is 12.9. The number of nitrogens with zero attached hydrogens (tertiary/aromatic N) is 4. The molecule has 0 N–H and O–H groups in total. The molecule has 4 rings (SSSR count). The molecule has 6 heteroatoms. The van der Waals surface area contributed by atoms with Gasteiger partial charge in [-0.25, -0.2) is 0 Å². The number of hydrogen-bond acceptors (Lipinski definition) is 4. The van der Waals surface area contributed by atoms with Crippen LogP contribution in [0.4, 0.5) is 0 Å². The number of aryl methyl sites for hydroxylation is 2. The highest BCUT2D eigenvalue weighted by molar-refractivity contribution is 5.83. The van der Waals surface area contributed by atoms with E-state index >= 15 is 0 Å². The van der Waals surface area contributed by atoms with Crippen molar-refractivity contribution in [3.63, 3.8) is 0 Å². The van der Waals surface area contributed by atoms with Crippen LogP contribution in [0, 0.1) is 12.8 Å². The summed E-state index contributed by atoms with van der Waals surface area (Å²) >= 11 is 0. The average molecular weight is 300 g/mol. The number of aromatic nitrogens is 3. The molecule has 1 aliphatic heterocycles. The third-order valence-corrected chi connectivity index (χ3v) is 4.77. The maximum atomic E-state index is 12.8. The number of amides is 1. The Kier molecular flexibility index (Phi) is 3.06. The van der Waals surface area contributed by atoms with E-state index in [4.69, 9.17) is 4.52 Å². The molecule has 2 aromatic rings. The third kappa shape index (κ3) is 2.23. The van der Waals surface area contributed by atoms with Gasteiger partial charge in [-0.2, -0.15) is 5.10 Å². The summed E-state index contributed by atoms with van der Waals surface area (Å²) in [5, 5.41) is 8.16. The molecule has 3 atom stereocenters. The molecule has 0 radical (unpaired) electrons. The van der Waals surface area contributed by atoms with Crippen molar-refractivity contribution in [1.29, 1.82) is 0 Å². The van der Waals surface area contributed by atoms with Gasteiger partial charge >= 0.3 is 0 Å². The fourth-order valence-corrected chi connectivity index (χ4v) is 3.55. The monoisotopic (exact) mass is 300 g/mol. The minimum Gasteiger partial charge on any atom is -0.359 e. The highest BCUT2D eigenvalue weighted by Gasteiger charge is 2.48. The molecule has 1 saturated carbocycles. The first kappa shape index (κ1) is 13.5. The first-order valence-electron chi connectivity index (χ1n) is 7.85. The van der Waals surface area contributed by atoms with Crippen LogP contribution >= 0.6 is 0 Å². The first-order valence-corrected chi connectivity index (χ1v) is 7.85. The van der Waals surface area contributed by atoms with Gasteiger partial charge in [-0.3, -0.25) is 9.48 Å². The summed E-state index contributed by atoms with van der Waals surface area (Å²) in [5.74, 6) is 1.51. The molecule has 2 fully saturated rings. The molecule has 2 aromatic heterocycles. The molecule has 0 aromatic carbocycles. The Hall–Kier alpha value is -2.11. The largest absolute Gasteiger partial charge is 0.359 e. The number of carbonyl (C=O) groups is 1. The Morgan fingerprint density at radius 2 is 2.32 bits per heavy atom. The van der Waals surface area contributed by atoms with Crippen LogP contribution < -0.4 is 0 Å². The number of carbonyl (C=O) groups excluding carboxylic acids is 1. The van der Waals surface area contributed by atoms with Crippen molar-refractivity contribution in [3.05, 3.63) is 35.5 Å². The van der Waals surface area contributed by atoms with E-state index in [0.717, 1.165) is 37.3 Å². The van der Waals surface area contributed by atoms with Crippen molar-refractivity contribution < 1.29 is 9.32 Å². The Bertz CT molecular complexity index is 705. The topological polar surface area (TPSA) is 64.2 Å². The van der Waals surface area contributed by atoms with Crippen molar-refractivity contribution in [3.8, 4) is 0 Å². The molecular weight excluding hydrogens is 280 g/mol. The minimum atomic E-state index is 0.0591. The maximum Gasteiger partial charge on any atom is 0.226 e. The van der Waals surface area contributed by atoms with Crippen molar-refractivity contribution >= 4 is 5.91 Å². The van der Waals surface area contributed by atoms with Gasteiger partial charge in [-0.05, 0) is 37.7 Å². The molecule has 1 saturated heterocycles. The second kappa shape index (κ2) is 4.97. The van der Waals surface area contributed by atoms with Gasteiger partial charge in [0.15, 0.2) is 5.76 Å². The van der Waals surface area contributed by atoms with E-state index in [0.29, 0.717) is 5.92 Å². The SMILES string of the molecule is Cc1cc(C2CCCN2C(=O)C2CC2c2cnn(C)c2)on1. The second-order valence-electron chi connectivity index (χ2n) is 6.46. The lowest BCUT2D eigenvalue weighted by Gasteiger charge is -2.22. The van der Waals surface area contributed by atoms with Crippen LogP contribution in [0.15, 0.2) is 23.0 Å². The molecule has 0 spiro atoms. The van der Waals surface area contributed by atoms with Crippen molar-refractivity contribution in [1.82, 2.24) is 19.8 Å². The van der Waals surface area contributed by atoms with E-state index in [2.05, 4.69) is 10.3 Å². The van der Waals surface area contributed by atoms with Gasteiger partial charge in [0.2, 0.25) is 5.91 Å². The molecular formula is C16H20N4O2. The molecule has 0 bridgehead atoms. The minimum absolute atomic E-state index is 0.0591. The van der Waals surface area contributed by atoms with Gasteiger partial charge in [0, 0.05) is 31.8 Å². The van der Waals surface area contributed by atoms with Gasteiger partial charge in [0.1, 0.15) is 0 Å². The van der Waals surface area contributed by atoms with Gasteiger partial charge in [-0.1, -0.05) is 5.16 Å². The second-order valence-corrected chi connectivity index (χ2v) is 6.46. The summed E-state index contributed by atoms with van der Waals surface area (Å²) in [6, 6.07) is 2.01. The number of hydrogen-bond donors (Lipinski definition) is 0. The summed E-state index contributed by atoms with van der Waals surface area (Å²) in [7, 11) is 1.91. The number of rotatable bonds is 3. The summed E-state index contributed by atoms with van der Waals surface area (Å²) in [6.45, 7) is 2.73. The van der Waals surface area contributed by atoms with Crippen LogP contribution in [0.1, 0.15) is 48.2 Å². The zero-order valence-electron chi connectivity index (χ0n) is 12.9. The lowest BCUT2D eigenvalue weighted by molar-refractivity contribution is -0.134. The van der Waals surface area contributed by atoms with Crippen LogP contribution in [0.3, 0.4) is 0 Å². The van der Waals surface area contributed by atoms with Gasteiger partial charge in [-0.15, -0.1) is 0 Å². The van der Waals surface area contributed by atoms with Gasteiger partial charge in [0.25, 0.3) is 0 Å². The quantitative estimate of drug-likeness (QED) is 0.871.